The second kappa shape index (κ2) is 3.82. The maximum Gasteiger partial charge on any atom is 0.234 e. The van der Waals surface area contributed by atoms with Crippen LogP contribution in [0.25, 0.3) is 0 Å². The van der Waals surface area contributed by atoms with Crippen molar-refractivity contribution in [2.24, 2.45) is 0 Å². The average Bonchev–Trinajstić information content (AvgIpc) is 2.07. The lowest BCUT2D eigenvalue weighted by molar-refractivity contribution is 0.183. The lowest BCUT2D eigenvalue weighted by Crippen LogP contribution is -1.96. The topological polar surface area (TPSA) is 55.2 Å². The van der Waals surface area contributed by atoms with E-state index in [1.807, 2.05) is 0 Å². The van der Waals surface area contributed by atoms with Gasteiger partial charge in [0.05, 0.1) is 24.7 Å². The number of aliphatic hydroxyl groups excluding tert-OH is 1. The zero-order valence-electron chi connectivity index (χ0n) is 5.70. The van der Waals surface area contributed by atoms with Crippen molar-refractivity contribution in [3.63, 3.8) is 0 Å². The summed E-state index contributed by atoms with van der Waals surface area (Å²) in [5.41, 5.74) is 0.427. The van der Waals surface area contributed by atoms with Gasteiger partial charge in [0, 0.05) is 0 Å². The molecule has 4 nitrogen and oxygen atoms in total. The summed E-state index contributed by atoms with van der Waals surface area (Å²) in [5, 5.41) is 8.54. The molecular formula is C6H7FN2O2. The highest BCUT2D eigenvalue weighted by Gasteiger charge is 1.95. The van der Waals surface area contributed by atoms with E-state index in [1.165, 1.54) is 12.4 Å². The van der Waals surface area contributed by atoms with E-state index < -0.39 is 6.86 Å². The molecule has 0 saturated carbocycles. The molecule has 1 heterocycles. The minimum atomic E-state index is -0.923. The first kappa shape index (κ1) is 7.87. The minimum Gasteiger partial charge on any atom is -0.445 e. The number of nitrogens with zero attached hydrogens (tertiary/aromatic N) is 2. The lowest BCUT2D eigenvalue weighted by Gasteiger charge is -1.98. The van der Waals surface area contributed by atoms with E-state index in [0.29, 0.717) is 5.69 Å². The van der Waals surface area contributed by atoms with Crippen LogP contribution in [-0.4, -0.2) is 21.9 Å². The number of ether oxygens (including phenoxy) is 1. The van der Waals surface area contributed by atoms with Crippen LogP contribution >= 0.6 is 0 Å². The smallest absolute Gasteiger partial charge is 0.234 e. The molecule has 1 rings (SSSR count). The van der Waals surface area contributed by atoms with Gasteiger partial charge in [-0.2, -0.15) is 0 Å². The van der Waals surface area contributed by atoms with Crippen molar-refractivity contribution in [2.75, 3.05) is 6.86 Å². The molecule has 1 aromatic rings. The quantitative estimate of drug-likeness (QED) is 0.686. The SMILES string of the molecule is OCc1cnc(OCF)cn1. The molecule has 0 aliphatic rings. The molecule has 0 bridgehead atoms. The maximum atomic E-state index is 11.5. The summed E-state index contributed by atoms with van der Waals surface area (Å²) in [6, 6.07) is 0. The van der Waals surface area contributed by atoms with Gasteiger partial charge in [-0.05, 0) is 0 Å². The molecule has 60 valence electrons. The fourth-order valence-corrected chi connectivity index (χ4v) is 0.555. The summed E-state index contributed by atoms with van der Waals surface area (Å²) in [5.74, 6) is 0.115. The van der Waals surface area contributed by atoms with Crippen LogP contribution < -0.4 is 4.74 Å². The zero-order valence-corrected chi connectivity index (χ0v) is 5.70. The molecule has 1 aromatic heterocycles. The van der Waals surface area contributed by atoms with Crippen LogP contribution in [0.15, 0.2) is 12.4 Å². The Morgan fingerprint density at radius 3 is 2.73 bits per heavy atom. The Balaban J connectivity index is 2.66. The first-order valence-corrected chi connectivity index (χ1v) is 2.97. The highest BCUT2D eigenvalue weighted by molar-refractivity contribution is 5.06. The van der Waals surface area contributed by atoms with Crippen LogP contribution in [0.1, 0.15) is 5.69 Å². The van der Waals surface area contributed by atoms with Crippen LogP contribution in [0, 0.1) is 0 Å². The summed E-state index contributed by atoms with van der Waals surface area (Å²) in [4.78, 5) is 7.37. The molecule has 11 heavy (non-hydrogen) atoms. The van der Waals surface area contributed by atoms with Gasteiger partial charge < -0.3 is 9.84 Å². The largest absolute Gasteiger partial charge is 0.445 e. The lowest BCUT2D eigenvalue weighted by atomic mass is 10.5. The molecule has 5 heteroatoms. The predicted molar refractivity (Wildman–Crippen MR) is 34.6 cm³/mol. The Morgan fingerprint density at radius 1 is 1.45 bits per heavy atom. The second-order valence-corrected chi connectivity index (χ2v) is 1.76. The van der Waals surface area contributed by atoms with Gasteiger partial charge in [0.1, 0.15) is 0 Å². The monoisotopic (exact) mass is 158 g/mol. The van der Waals surface area contributed by atoms with Gasteiger partial charge in [-0.3, -0.25) is 4.98 Å². The number of rotatable bonds is 3. The maximum absolute atomic E-state index is 11.5. The van der Waals surface area contributed by atoms with Crippen molar-refractivity contribution >= 4 is 0 Å². The summed E-state index contributed by atoms with van der Waals surface area (Å²) in [6.45, 7) is -1.10. The number of aliphatic hydroxyl groups is 1. The molecule has 0 unspecified atom stereocenters. The molecule has 0 aromatic carbocycles. The van der Waals surface area contributed by atoms with Crippen molar-refractivity contribution in [2.45, 2.75) is 6.61 Å². The van der Waals surface area contributed by atoms with E-state index >= 15 is 0 Å². The van der Waals surface area contributed by atoms with E-state index in [2.05, 4.69) is 14.7 Å². The molecular weight excluding hydrogens is 151 g/mol. The fraction of sp³-hybridized carbons (Fsp3) is 0.333. The van der Waals surface area contributed by atoms with Gasteiger partial charge >= 0.3 is 0 Å². The minimum absolute atomic E-state index is 0.115. The van der Waals surface area contributed by atoms with Gasteiger partial charge in [0.2, 0.25) is 12.7 Å². The molecule has 0 saturated heterocycles. The summed E-state index contributed by atoms with van der Waals surface area (Å²) < 4.78 is 15.9. The van der Waals surface area contributed by atoms with Crippen molar-refractivity contribution in [3.05, 3.63) is 18.1 Å². The van der Waals surface area contributed by atoms with Crippen LogP contribution in [-0.2, 0) is 6.61 Å². The molecule has 0 amide bonds. The number of halogens is 1. The number of hydrogen-bond acceptors (Lipinski definition) is 4. The van der Waals surface area contributed by atoms with E-state index in [0.717, 1.165) is 0 Å². The Hall–Kier alpha value is -1.23. The molecule has 0 spiro atoms. The predicted octanol–water partition coefficient (Wildman–Crippen LogP) is 0.275. The van der Waals surface area contributed by atoms with Crippen LogP contribution in [0.5, 0.6) is 5.88 Å². The van der Waals surface area contributed by atoms with Crippen LogP contribution in [0.3, 0.4) is 0 Å². The fourth-order valence-electron chi connectivity index (χ4n) is 0.555. The normalized spacial score (nSPS) is 9.64. The molecule has 0 atom stereocenters. The third-order valence-corrected chi connectivity index (χ3v) is 1.05. The first-order chi connectivity index (χ1) is 5.36. The molecule has 0 aliphatic carbocycles. The summed E-state index contributed by atoms with van der Waals surface area (Å²) in [7, 11) is 0. The molecule has 1 N–H and O–H groups in total. The van der Waals surface area contributed by atoms with Crippen molar-refractivity contribution in [1.82, 2.24) is 9.97 Å². The van der Waals surface area contributed by atoms with Gasteiger partial charge in [0.25, 0.3) is 0 Å². The zero-order chi connectivity index (χ0) is 8.10. The number of aromatic nitrogens is 2. The number of alkyl halides is 1. The van der Waals surface area contributed by atoms with E-state index in [4.69, 9.17) is 5.11 Å². The van der Waals surface area contributed by atoms with E-state index in [-0.39, 0.29) is 12.5 Å². The second-order valence-electron chi connectivity index (χ2n) is 1.76. The summed E-state index contributed by atoms with van der Waals surface area (Å²) >= 11 is 0. The third-order valence-electron chi connectivity index (χ3n) is 1.05. The van der Waals surface area contributed by atoms with Crippen molar-refractivity contribution < 1.29 is 14.2 Å². The highest BCUT2D eigenvalue weighted by Crippen LogP contribution is 2.03. The van der Waals surface area contributed by atoms with Gasteiger partial charge in [-0.15, -0.1) is 0 Å². The van der Waals surface area contributed by atoms with Gasteiger partial charge in [-0.25, -0.2) is 9.37 Å². The van der Waals surface area contributed by atoms with Crippen LogP contribution in [0.2, 0.25) is 0 Å². The summed E-state index contributed by atoms with van der Waals surface area (Å²) in [6.07, 6.45) is 2.58. The third kappa shape index (κ3) is 2.12. The standard InChI is InChI=1S/C6H7FN2O2/c7-4-11-6-2-8-5(3-10)1-9-6/h1-2,10H,3-4H2. The van der Waals surface area contributed by atoms with E-state index in [9.17, 15) is 4.39 Å². The molecule has 0 radical (unpaired) electrons. The number of hydrogen-bond donors (Lipinski definition) is 1. The average molecular weight is 158 g/mol. The first-order valence-electron chi connectivity index (χ1n) is 2.97. The van der Waals surface area contributed by atoms with Gasteiger partial charge in [-0.1, -0.05) is 0 Å². The van der Waals surface area contributed by atoms with E-state index in [1.54, 1.807) is 0 Å². The Labute approximate surface area is 62.7 Å². The molecule has 0 fully saturated rings. The highest BCUT2D eigenvalue weighted by atomic mass is 19.1. The van der Waals surface area contributed by atoms with Crippen molar-refractivity contribution in [1.29, 1.82) is 0 Å². The van der Waals surface area contributed by atoms with Crippen molar-refractivity contribution in [3.8, 4) is 5.88 Å². The molecule has 0 aliphatic heterocycles. The van der Waals surface area contributed by atoms with Crippen LogP contribution in [0.4, 0.5) is 4.39 Å². The Morgan fingerprint density at radius 2 is 2.27 bits per heavy atom. The van der Waals surface area contributed by atoms with Gasteiger partial charge in [0.15, 0.2) is 0 Å². The Kier molecular flexibility index (Phi) is 2.74. The Bertz CT molecular complexity index is 214.